The summed E-state index contributed by atoms with van der Waals surface area (Å²) < 4.78 is 14.5. The molecule has 6 heteroatoms. The third-order valence-corrected chi connectivity index (χ3v) is 4.72. The smallest absolute Gasteiger partial charge is 0.276 e. The lowest BCUT2D eigenvalue weighted by molar-refractivity contribution is 0.0648. The number of rotatable bonds is 5. The summed E-state index contributed by atoms with van der Waals surface area (Å²) in [4.78, 5) is 14.8. The average Bonchev–Trinajstić information content (AvgIpc) is 3.47. The van der Waals surface area contributed by atoms with Crippen LogP contribution in [0, 0.1) is 11.7 Å². The molecular weight excluding hydrogens is 295 g/mol. The Morgan fingerprint density at radius 1 is 1.26 bits per heavy atom. The minimum absolute atomic E-state index is 0.0414. The first-order valence-corrected chi connectivity index (χ1v) is 8.14. The summed E-state index contributed by atoms with van der Waals surface area (Å²) in [6.07, 6.45) is 6.20. The highest BCUT2D eigenvalue weighted by Gasteiger charge is 2.42. The van der Waals surface area contributed by atoms with Gasteiger partial charge in [0.15, 0.2) is 5.69 Å². The Labute approximate surface area is 134 Å². The predicted octanol–water partition coefficient (Wildman–Crippen LogP) is 2.81. The van der Waals surface area contributed by atoms with Crippen molar-refractivity contribution >= 4 is 5.91 Å². The van der Waals surface area contributed by atoms with Crippen molar-refractivity contribution in [3.63, 3.8) is 0 Å². The second kappa shape index (κ2) is 5.44. The topological polar surface area (TPSA) is 51.0 Å². The van der Waals surface area contributed by atoms with Gasteiger partial charge in [-0.1, -0.05) is 5.21 Å². The maximum Gasteiger partial charge on any atom is 0.276 e. The van der Waals surface area contributed by atoms with Crippen LogP contribution in [0.5, 0.6) is 0 Å². The van der Waals surface area contributed by atoms with Crippen molar-refractivity contribution in [3.05, 3.63) is 42.0 Å². The molecule has 120 valence electrons. The summed E-state index contributed by atoms with van der Waals surface area (Å²) in [7, 11) is 0. The van der Waals surface area contributed by atoms with Crippen LogP contribution in [0.15, 0.2) is 30.5 Å². The van der Waals surface area contributed by atoms with Crippen molar-refractivity contribution in [1.82, 2.24) is 19.9 Å². The minimum atomic E-state index is -0.302. The van der Waals surface area contributed by atoms with E-state index in [0.717, 1.165) is 12.8 Å². The molecule has 0 unspecified atom stereocenters. The number of carbonyl (C=O) groups is 1. The van der Waals surface area contributed by atoms with Crippen LogP contribution in [0.25, 0.3) is 5.69 Å². The zero-order valence-corrected chi connectivity index (χ0v) is 13.0. The largest absolute Gasteiger partial charge is 0.331 e. The fourth-order valence-corrected chi connectivity index (χ4v) is 3.06. The van der Waals surface area contributed by atoms with Gasteiger partial charge in [0, 0.05) is 12.1 Å². The summed E-state index contributed by atoms with van der Waals surface area (Å²) in [5.41, 5.74) is 1.04. The third-order valence-electron chi connectivity index (χ3n) is 4.72. The lowest BCUT2D eigenvalue weighted by Crippen LogP contribution is -2.41. The fraction of sp³-hybridized carbons (Fsp3) is 0.471. The lowest BCUT2D eigenvalue weighted by Gasteiger charge is -2.28. The quantitative estimate of drug-likeness (QED) is 0.853. The van der Waals surface area contributed by atoms with Gasteiger partial charge >= 0.3 is 0 Å². The number of carbonyl (C=O) groups excluding carboxylic acids is 1. The first kappa shape index (κ1) is 14.4. The van der Waals surface area contributed by atoms with Gasteiger partial charge in [-0.25, -0.2) is 9.07 Å². The molecule has 2 fully saturated rings. The number of hydrogen-bond donors (Lipinski definition) is 0. The normalized spacial score (nSPS) is 18.7. The van der Waals surface area contributed by atoms with Crippen LogP contribution < -0.4 is 0 Å². The summed E-state index contributed by atoms with van der Waals surface area (Å²) in [6.45, 7) is 2.14. The van der Waals surface area contributed by atoms with Gasteiger partial charge in [0.25, 0.3) is 5.91 Å². The molecule has 4 rings (SSSR count). The molecule has 0 N–H and O–H groups in total. The molecule has 0 bridgehead atoms. The number of amides is 1. The van der Waals surface area contributed by atoms with E-state index < -0.39 is 0 Å². The van der Waals surface area contributed by atoms with E-state index in [1.54, 1.807) is 18.3 Å². The third kappa shape index (κ3) is 2.85. The van der Waals surface area contributed by atoms with Gasteiger partial charge < -0.3 is 4.90 Å². The summed E-state index contributed by atoms with van der Waals surface area (Å²) in [5, 5.41) is 8.05. The van der Waals surface area contributed by atoms with Gasteiger partial charge in [-0.2, -0.15) is 0 Å². The van der Waals surface area contributed by atoms with E-state index in [0.29, 0.717) is 23.3 Å². The number of halogens is 1. The van der Waals surface area contributed by atoms with Crippen LogP contribution in [-0.4, -0.2) is 37.9 Å². The van der Waals surface area contributed by atoms with Gasteiger partial charge in [-0.05, 0) is 62.8 Å². The molecule has 2 aromatic rings. The van der Waals surface area contributed by atoms with Gasteiger partial charge in [-0.3, -0.25) is 4.79 Å². The molecule has 2 aliphatic rings. The molecule has 0 aliphatic heterocycles. The number of hydrogen-bond acceptors (Lipinski definition) is 3. The van der Waals surface area contributed by atoms with Crippen LogP contribution in [0.1, 0.15) is 43.1 Å². The zero-order chi connectivity index (χ0) is 16.0. The van der Waals surface area contributed by atoms with Gasteiger partial charge in [0.05, 0.1) is 11.9 Å². The molecule has 1 aromatic carbocycles. The molecule has 0 spiro atoms. The Morgan fingerprint density at radius 2 is 1.96 bits per heavy atom. The fourth-order valence-electron chi connectivity index (χ4n) is 3.06. The van der Waals surface area contributed by atoms with Crippen molar-refractivity contribution < 1.29 is 9.18 Å². The van der Waals surface area contributed by atoms with Crippen LogP contribution in [0.4, 0.5) is 4.39 Å². The van der Waals surface area contributed by atoms with E-state index in [1.165, 1.54) is 29.7 Å². The monoisotopic (exact) mass is 314 g/mol. The van der Waals surface area contributed by atoms with Crippen LogP contribution >= 0.6 is 0 Å². The summed E-state index contributed by atoms with van der Waals surface area (Å²) in [6, 6.07) is 6.59. The Bertz CT molecular complexity index is 718. The Hall–Kier alpha value is -2.24. The van der Waals surface area contributed by atoms with Crippen molar-refractivity contribution in [1.29, 1.82) is 0 Å². The minimum Gasteiger partial charge on any atom is -0.331 e. The lowest BCUT2D eigenvalue weighted by atomic mass is 10.1. The molecule has 1 amide bonds. The van der Waals surface area contributed by atoms with E-state index >= 15 is 0 Å². The molecular formula is C17H19FN4O. The van der Waals surface area contributed by atoms with Gasteiger partial charge in [-0.15, -0.1) is 5.10 Å². The second-order valence-electron chi connectivity index (χ2n) is 6.55. The molecule has 0 saturated heterocycles. The van der Waals surface area contributed by atoms with Gasteiger partial charge in [0.2, 0.25) is 0 Å². The summed E-state index contributed by atoms with van der Waals surface area (Å²) >= 11 is 0. The number of nitrogens with zero attached hydrogens (tertiary/aromatic N) is 4. The molecule has 23 heavy (non-hydrogen) atoms. The molecule has 5 nitrogen and oxygen atoms in total. The van der Waals surface area contributed by atoms with Gasteiger partial charge in [0.1, 0.15) is 5.82 Å². The molecule has 1 atom stereocenters. The number of aromatic nitrogens is 3. The highest BCUT2D eigenvalue weighted by atomic mass is 19.1. The molecule has 1 heterocycles. The zero-order valence-electron chi connectivity index (χ0n) is 13.0. The van der Waals surface area contributed by atoms with Crippen LogP contribution in [-0.2, 0) is 0 Å². The molecule has 1 aromatic heterocycles. The second-order valence-corrected chi connectivity index (χ2v) is 6.55. The van der Waals surface area contributed by atoms with Crippen molar-refractivity contribution in [2.24, 2.45) is 5.92 Å². The Morgan fingerprint density at radius 3 is 2.57 bits per heavy atom. The van der Waals surface area contributed by atoms with Crippen molar-refractivity contribution in [2.75, 3.05) is 0 Å². The van der Waals surface area contributed by atoms with E-state index in [1.807, 2.05) is 4.90 Å². The van der Waals surface area contributed by atoms with Crippen molar-refractivity contribution in [3.8, 4) is 5.69 Å². The predicted molar refractivity (Wildman–Crippen MR) is 82.7 cm³/mol. The maximum atomic E-state index is 13.0. The SMILES string of the molecule is C[C@@H](C1CC1)N(C(=O)c1cn(-c2ccc(F)cc2)nn1)C1CC1. The van der Waals surface area contributed by atoms with E-state index in [9.17, 15) is 9.18 Å². The van der Waals surface area contributed by atoms with Crippen LogP contribution in [0.3, 0.4) is 0 Å². The molecule has 2 saturated carbocycles. The molecule has 2 aliphatic carbocycles. The van der Waals surface area contributed by atoms with E-state index in [2.05, 4.69) is 17.2 Å². The first-order valence-electron chi connectivity index (χ1n) is 8.14. The summed E-state index contributed by atoms with van der Waals surface area (Å²) in [5.74, 6) is 0.287. The standard InChI is InChI=1S/C17H19FN4O/c1-11(12-2-3-12)22(15-8-9-15)17(23)16-10-21(20-19-16)14-6-4-13(18)5-7-14/h4-7,10-12,15H,2-3,8-9H2,1H3/t11-/m0/s1. The van der Waals surface area contributed by atoms with E-state index in [-0.39, 0.29) is 17.8 Å². The van der Waals surface area contributed by atoms with E-state index in [4.69, 9.17) is 0 Å². The Balaban J connectivity index is 1.57. The Kier molecular flexibility index (Phi) is 3.39. The maximum absolute atomic E-state index is 13.0. The molecule has 0 radical (unpaired) electrons. The average molecular weight is 314 g/mol. The highest BCUT2D eigenvalue weighted by molar-refractivity contribution is 5.92. The number of benzene rings is 1. The van der Waals surface area contributed by atoms with Crippen LogP contribution in [0.2, 0.25) is 0 Å². The van der Waals surface area contributed by atoms with Crippen molar-refractivity contribution in [2.45, 2.75) is 44.7 Å². The first-order chi connectivity index (χ1) is 11.1. The highest BCUT2D eigenvalue weighted by Crippen LogP contribution is 2.40.